The van der Waals surface area contributed by atoms with E-state index in [1.807, 2.05) is 35.7 Å². The maximum Gasteiger partial charge on any atom is 0.254 e. The molecule has 0 saturated heterocycles. The number of aliphatic hydroxyl groups is 1. The highest BCUT2D eigenvalue weighted by Gasteiger charge is 2.29. The summed E-state index contributed by atoms with van der Waals surface area (Å²) in [5, 5.41) is 13.6. The van der Waals surface area contributed by atoms with Crippen LogP contribution in [0.1, 0.15) is 23.8 Å². The van der Waals surface area contributed by atoms with Crippen LogP contribution in [-0.4, -0.2) is 16.9 Å². The van der Waals surface area contributed by atoms with Crippen LogP contribution in [-0.2, 0) is 9.59 Å². The van der Waals surface area contributed by atoms with Gasteiger partial charge in [-0.1, -0.05) is 35.9 Å². The van der Waals surface area contributed by atoms with E-state index in [9.17, 15) is 14.7 Å². The fourth-order valence-corrected chi connectivity index (χ4v) is 4.21. The Kier molecular flexibility index (Phi) is 5.72. The molecule has 1 heterocycles. The van der Waals surface area contributed by atoms with E-state index >= 15 is 0 Å². The van der Waals surface area contributed by atoms with Crippen LogP contribution in [0.3, 0.4) is 0 Å². The van der Waals surface area contributed by atoms with Gasteiger partial charge in [0.1, 0.15) is 11.3 Å². The first-order valence-corrected chi connectivity index (χ1v) is 9.78. The van der Waals surface area contributed by atoms with E-state index in [2.05, 4.69) is 0 Å². The van der Waals surface area contributed by atoms with Crippen LogP contribution in [0.25, 0.3) is 11.1 Å². The van der Waals surface area contributed by atoms with Gasteiger partial charge in [0.25, 0.3) is 11.8 Å². The minimum Gasteiger partial charge on any atom is -0.511 e. The van der Waals surface area contributed by atoms with Crippen LogP contribution >= 0.6 is 22.9 Å². The first kappa shape index (κ1) is 19.9. The van der Waals surface area contributed by atoms with Crippen LogP contribution < -0.4 is 11.5 Å². The van der Waals surface area contributed by atoms with E-state index in [1.54, 1.807) is 30.4 Å². The quantitative estimate of drug-likeness (QED) is 0.390. The minimum atomic E-state index is -0.914. The van der Waals surface area contributed by atoms with Crippen LogP contribution in [0.5, 0.6) is 0 Å². The molecular formula is C21H19ClN2O3S. The Bertz CT molecular complexity index is 1000. The lowest BCUT2D eigenvalue weighted by molar-refractivity contribution is -0.120. The summed E-state index contributed by atoms with van der Waals surface area (Å²) in [6.07, 6.45) is 2.35. The van der Waals surface area contributed by atoms with Gasteiger partial charge in [0.15, 0.2) is 0 Å². The van der Waals surface area contributed by atoms with Crippen molar-refractivity contribution in [3.8, 4) is 0 Å². The molecule has 1 unspecified atom stereocenters. The molecule has 0 aliphatic heterocycles. The van der Waals surface area contributed by atoms with Gasteiger partial charge >= 0.3 is 0 Å². The third-order valence-electron chi connectivity index (χ3n) is 4.72. The molecule has 0 radical (unpaired) electrons. The molecule has 1 aromatic carbocycles. The Balaban J connectivity index is 2.19. The highest BCUT2D eigenvalue weighted by Crippen LogP contribution is 2.42. The molecule has 1 aliphatic carbocycles. The minimum absolute atomic E-state index is 0.0557. The van der Waals surface area contributed by atoms with Crippen molar-refractivity contribution in [2.75, 3.05) is 0 Å². The van der Waals surface area contributed by atoms with Gasteiger partial charge in [0.05, 0.1) is 5.92 Å². The van der Waals surface area contributed by atoms with E-state index < -0.39 is 17.7 Å². The zero-order chi connectivity index (χ0) is 20.4. The zero-order valence-corrected chi connectivity index (χ0v) is 16.7. The fourth-order valence-electron chi connectivity index (χ4n) is 3.33. The lowest BCUT2D eigenvalue weighted by atomic mass is 9.81. The molecule has 2 aromatic rings. The number of carbonyl (C=O) groups is 2. The molecule has 0 bridgehead atoms. The molecule has 5 nitrogen and oxygen atoms in total. The second-order valence-corrected chi connectivity index (χ2v) is 7.86. The number of benzene rings is 1. The number of amides is 2. The number of carbonyl (C=O) groups excluding carboxylic acids is 2. The van der Waals surface area contributed by atoms with Crippen molar-refractivity contribution >= 4 is 45.9 Å². The van der Waals surface area contributed by atoms with Gasteiger partial charge in [0.2, 0.25) is 0 Å². The Morgan fingerprint density at radius 3 is 2.32 bits per heavy atom. The molecule has 3 rings (SSSR count). The van der Waals surface area contributed by atoms with Crippen molar-refractivity contribution < 1.29 is 14.7 Å². The molecule has 28 heavy (non-hydrogen) atoms. The number of primary amides is 2. The SMILES string of the molecule is CC(=C(C(N)=O)C(N)=O)C1C=C(c2cccs2)CC(c2ccc(Cl)cc2)=C1O. The second kappa shape index (κ2) is 8.04. The third-order valence-corrected chi connectivity index (χ3v) is 5.92. The predicted molar refractivity (Wildman–Crippen MR) is 112 cm³/mol. The average molecular weight is 415 g/mol. The lowest BCUT2D eigenvalue weighted by Crippen LogP contribution is -2.29. The van der Waals surface area contributed by atoms with Crippen molar-refractivity contribution in [1.29, 1.82) is 0 Å². The maximum atomic E-state index is 11.8. The summed E-state index contributed by atoms with van der Waals surface area (Å²) < 4.78 is 0. The fraction of sp³-hybridized carbons (Fsp3) is 0.143. The van der Waals surface area contributed by atoms with Crippen molar-refractivity contribution in [3.63, 3.8) is 0 Å². The Hall–Kier alpha value is -2.83. The van der Waals surface area contributed by atoms with Gasteiger partial charge in [-0.2, -0.15) is 0 Å². The summed E-state index contributed by atoms with van der Waals surface area (Å²) in [6, 6.07) is 11.1. The third kappa shape index (κ3) is 3.88. The number of nitrogens with two attached hydrogens (primary N) is 2. The Morgan fingerprint density at radius 1 is 1.14 bits per heavy atom. The van der Waals surface area contributed by atoms with Gasteiger partial charge in [0, 0.05) is 21.9 Å². The van der Waals surface area contributed by atoms with Gasteiger partial charge in [-0.25, -0.2) is 0 Å². The predicted octanol–water partition coefficient (Wildman–Crippen LogP) is 4.06. The van der Waals surface area contributed by atoms with Crippen molar-refractivity contribution in [1.82, 2.24) is 0 Å². The summed E-state index contributed by atoms with van der Waals surface area (Å²) >= 11 is 7.56. The standard InChI is InChI=1S/C21H19ClN2O3S/c1-11(18(20(23)26)21(24)27)15-9-13(17-3-2-8-28-17)10-16(19(15)25)12-4-6-14(22)7-5-12/h2-9,15,25H,10H2,1H3,(H2,23,26)(H2,24,27). The summed E-state index contributed by atoms with van der Waals surface area (Å²) in [4.78, 5) is 24.6. The van der Waals surface area contributed by atoms with Crippen LogP contribution in [0.2, 0.25) is 5.02 Å². The molecule has 0 saturated carbocycles. The Morgan fingerprint density at radius 2 is 1.79 bits per heavy atom. The molecule has 7 heteroatoms. The van der Waals surface area contributed by atoms with Crippen LogP contribution in [0.15, 0.2) is 64.8 Å². The van der Waals surface area contributed by atoms with Gasteiger partial charge < -0.3 is 16.6 Å². The average Bonchev–Trinajstić information content (AvgIpc) is 3.16. The van der Waals surface area contributed by atoms with Crippen molar-refractivity contribution in [2.45, 2.75) is 13.3 Å². The highest BCUT2D eigenvalue weighted by atomic mass is 35.5. The molecular weight excluding hydrogens is 396 g/mol. The monoisotopic (exact) mass is 414 g/mol. The van der Waals surface area contributed by atoms with E-state index in [4.69, 9.17) is 23.1 Å². The summed E-state index contributed by atoms with van der Waals surface area (Å²) in [6.45, 7) is 1.58. The second-order valence-electron chi connectivity index (χ2n) is 6.48. The molecule has 144 valence electrons. The number of hydrogen-bond donors (Lipinski definition) is 3. The molecule has 0 spiro atoms. The van der Waals surface area contributed by atoms with Crippen LogP contribution in [0.4, 0.5) is 0 Å². The smallest absolute Gasteiger partial charge is 0.254 e. The number of aliphatic hydroxyl groups excluding tert-OH is 1. The molecule has 2 amide bonds. The van der Waals surface area contributed by atoms with E-state index in [1.165, 1.54) is 0 Å². The van der Waals surface area contributed by atoms with Crippen molar-refractivity contribution in [3.05, 3.63) is 80.2 Å². The summed E-state index contributed by atoms with van der Waals surface area (Å²) in [5.41, 5.74) is 13.2. The zero-order valence-electron chi connectivity index (χ0n) is 15.1. The first-order chi connectivity index (χ1) is 13.3. The largest absolute Gasteiger partial charge is 0.511 e. The molecule has 1 aromatic heterocycles. The normalized spacial score (nSPS) is 16.5. The van der Waals surface area contributed by atoms with E-state index in [-0.39, 0.29) is 11.3 Å². The first-order valence-electron chi connectivity index (χ1n) is 8.52. The molecule has 1 atom stereocenters. The van der Waals surface area contributed by atoms with Gasteiger partial charge in [-0.05, 0) is 47.2 Å². The van der Waals surface area contributed by atoms with Crippen LogP contribution in [0, 0.1) is 5.92 Å². The maximum absolute atomic E-state index is 11.8. The number of allylic oxidation sites excluding steroid dienone is 3. The number of hydrogen-bond acceptors (Lipinski definition) is 4. The molecule has 0 fully saturated rings. The number of halogens is 1. The summed E-state index contributed by atoms with van der Waals surface area (Å²) in [5.74, 6) is -2.46. The van der Waals surface area contributed by atoms with E-state index in [0.29, 0.717) is 22.6 Å². The molecule has 1 aliphatic rings. The number of thiophene rings is 1. The summed E-state index contributed by atoms with van der Waals surface area (Å²) in [7, 11) is 0. The van der Waals surface area contributed by atoms with Gasteiger partial charge in [-0.3, -0.25) is 9.59 Å². The number of rotatable bonds is 5. The lowest BCUT2D eigenvalue weighted by Gasteiger charge is -2.26. The highest BCUT2D eigenvalue weighted by molar-refractivity contribution is 7.11. The van der Waals surface area contributed by atoms with E-state index in [0.717, 1.165) is 16.0 Å². The van der Waals surface area contributed by atoms with Crippen molar-refractivity contribution in [2.24, 2.45) is 17.4 Å². The van der Waals surface area contributed by atoms with Gasteiger partial charge in [-0.15, -0.1) is 11.3 Å². The molecule has 5 N–H and O–H groups in total. The topological polar surface area (TPSA) is 106 Å². The Labute approximate surface area is 171 Å².